The molecule has 2 heterocycles. The summed E-state index contributed by atoms with van der Waals surface area (Å²) >= 11 is 0. The number of rotatable bonds is 5. The second-order valence-electron chi connectivity index (χ2n) is 5.43. The molecule has 0 aliphatic rings. The molecule has 5 heteroatoms. The van der Waals surface area contributed by atoms with Gasteiger partial charge in [0, 0.05) is 30.3 Å². The standard InChI is InChI=1S/C16H21N3O2/c1-13-12-14(20)19(11-7-8-17(2)3)16(21)15(13)18-9-5-4-6-10-18/h4-6,9-10,12H,7-8,11H2,1-3H3/p+1. The zero-order valence-electron chi connectivity index (χ0n) is 12.8. The zero-order chi connectivity index (χ0) is 15.4. The van der Waals surface area contributed by atoms with Crippen LogP contribution in [0, 0.1) is 6.92 Å². The van der Waals surface area contributed by atoms with E-state index in [1.54, 1.807) is 10.6 Å². The summed E-state index contributed by atoms with van der Waals surface area (Å²) in [5.74, 6) is 0.0246. The van der Waals surface area contributed by atoms with Crippen LogP contribution >= 0.6 is 0 Å². The van der Waals surface area contributed by atoms with Gasteiger partial charge in [-0.15, -0.1) is 0 Å². The molecule has 112 valence electrons. The minimum atomic E-state index is -0.164. The highest BCUT2D eigenvalue weighted by Gasteiger charge is 2.19. The van der Waals surface area contributed by atoms with Crippen molar-refractivity contribution in [2.75, 3.05) is 20.6 Å². The average molecular weight is 288 g/mol. The molecule has 0 aromatic carbocycles. The number of aromatic nitrogens is 2. The molecule has 0 atom stereocenters. The number of pyridine rings is 2. The van der Waals surface area contributed by atoms with Crippen molar-refractivity contribution >= 4 is 0 Å². The Morgan fingerprint density at radius 3 is 2.52 bits per heavy atom. The molecule has 2 aromatic heterocycles. The third-order valence-corrected chi connectivity index (χ3v) is 3.40. The molecule has 0 saturated carbocycles. The van der Waals surface area contributed by atoms with Crippen molar-refractivity contribution in [2.24, 2.45) is 0 Å². The molecule has 0 aliphatic carbocycles. The Bertz CT molecular complexity index is 663. The van der Waals surface area contributed by atoms with Gasteiger partial charge in [0.2, 0.25) is 0 Å². The van der Waals surface area contributed by atoms with Gasteiger partial charge in [-0.1, -0.05) is 6.07 Å². The van der Waals surface area contributed by atoms with Gasteiger partial charge in [0.05, 0.1) is 0 Å². The third-order valence-electron chi connectivity index (χ3n) is 3.40. The highest BCUT2D eigenvalue weighted by Crippen LogP contribution is 2.13. The van der Waals surface area contributed by atoms with Gasteiger partial charge in [0.1, 0.15) is 0 Å². The van der Waals surface area contributed by atoms with Crippen LogP contribution in [0.2, 0.25) is 0 Å². The Balaban J connectivity index is 2.41. The predicted octanol–water partition coefficient (Wildman–Crippen LogP) is 1.09. The molecule has 2 rings (SSSR count). The number of aromatic hydroxyl groups is 1. The first kappa shape index (κ1) is 15.3. The van der Waals surface area contributed by atoms with Crippen molar-refractivity contribution in [3.05, 3.63) is 52.6 Å². The normalized spacial score (nSPS) is 11.0. The topological polar surface area (TPSA) is 49.4 Å². The first-order valence-corrected chi connectivity index (χ1v) is 7.05. The fraction of sp³-hybridized carbons (Fsp3) is 0.375. The van der Waals surface area contributed by atoms with Gasteiger partial charge >= 0.3 is 5.56 Å². The van der Waals surface area contributed by atoms with E-state index in [0.717, 1.165) is 18.5 Å². The summed E-state index contributed by atoms with van der Waals surface area (Å²) in [7, 11) is 3.98. The summed E-state index contributed by atoms with van der Waals surface area (Å²) in [4.78, 5) is 14.7. The van der Waals surface area contributed by atoms with E-state index in [2.05, 4.69) is 4.90 Å². The molecule has 1 N–H and O–H groups in total. The lowest BCUT2D eigenvalue weighted by Gasteiger charge is -2.12. The Labute approximate surface area is 124 Å². The van der Waals surface area contributed by atoms with E-state index < -0.39 is 0 Å². The van der Waals surface area contributed by atoms with Gasteiger partial charge in [-0.25, -0.2) is 0 Å². The monoisotopic (exact) mass is 288 g/mol. The molecule has 0 radical (unpaired) electrons. The molecular weight excluding hydrogens is 266 g/mol. The maximum Gasteiger partial charge on any atom is 0.326 e. The number of hydrogen-bond donors (Lipinski definition) is 1. The Hall–Kier alpha value is -2.14. The lowest BCUT2D eigenvalue weighted by molar-refractivity contribution is -0.597. The number of aryl methyl sites for hydroxylation is 1. The second kappa shape index (κ2) is 6.54. The van der Waals surface area contributed by atoms with Crippen molar-refractivity contribution < 1.29 is 9.67 Å². The Kier molecular flexibility index (Phi) is 4.75. The van der Waals surface area contributed by atoms with Gasteiger partial charge < -0.3 is 10.0 Å². The number of hydrogen-bond acceptors (Lipinski definition) is 3. The third kappa shape index (κ3) is 3.49. The van der Waals surface area contributed by atoms with Gasteiger partial charge in [-0.05, 0) is 34.0 Å². The molecular formula is C16H22N3O2+. The molecule has 0 aliphatic heterocycles. The van der Waals surface area contributed by atoms with Crippen LogP contribution in [0.3, 0.4) is 0 Å². The fourth-order valence-corrected chi connectivity index (χ4v) is 2.36. The molecule has 0 spiro atoms. The maximum absolute atomic E-state index is 12.7. The number of nitrogens with zero attached hydrogens (tertiary/aromatic N) is 3. The summed E-state index contributed by atoms with van der Waals surface area (Å²) in [6, 6.07) is 7.30. The van der Waals surface area contributed by atoms with E-state index >= 15 is 0 Å². The lowest BCUT2D eigenvalue weighted by Crippen LogP contribution is -2.40. The molecule has 0 amide bonds. The molecule has 0 unspecified atom stereocenters. The van der Waals surface area contributed by atoms with E-state index in [-0.39, 0.29) is 11.4 Å². The predicted molar refractivity (Wildman–Crippen MR) is 81.8 cm³/mol. The van der Waals surface area contributed by atoms with Crippen molar-refractivity contribution in [2.45, 2.75) is 19.9 Å². The summed E-state index contributed by atoms with van der Waals surface area (Å²) in [6.07, 6.45) is 4.48. The molecule has 21 heavy (non-hydrogen) atoms. The minimum absolute atomic E-state index is 0.0246. The van der Waals surface area contributed by atoms with Crippen LogP contribution in [-0.2, 0) is 6.54 Å². The van der Waals surface area contributed by atoms with E-state index in [1.165, 1.54) is 4.57 Å². The van der Waals surface area contributed by atoms with E-state index in [4.69, 9.17) is 0 Å². The maximum atomic E-state index is 12.7. The van der Waals surface area contributed by atoms with Crippen LogP contribution in [0.5, 0.6) is 5.88 Å². The lowest BCUT2D eigenvalue weighted by atomic mass is 10.2. The Morgan fingerprint density at radius 2 is 1.90 bits per heavy atom. The zero-order valence-corrected chi connectivity index (χ0v) is 12.8. The van der Waals surface area contributed by atoms with Crippen LogP contribution in [0.25, 0.3) is 5.69 Å². The quantitative estimate of drug-likeness (QED) is 0.838. The summed E-state index contributed by atoms with van der Waals surface area (Å²) in [6.45, 7) is 3.21. The second-order valence-corrected chi connectivity index (χ2v) is 5.43. The van der Waals surface area contributed by atoms with Crippen molar-refractivity contribution in [1.82, 2.24) is 9.47 Å². The van der Waals surface area contributed by atoms with Gasteiger partial charge in [-0.2, -0.15) is 4.57 Å². The van der Waals surface area contributed by atoms with Crippen molar-refractivity contribution in [1.29, 1.82) is 0 Å². The van der Waals surface area contributed by atoms with Gasteiger partial charge in [-0.3, -0.25) is 9.36 Å². The smallest absolute Gasteiger partial charge is 0.326 e. The Morgan fingerprint density at radius 1 is 1.24 bits per heavy atom. The van der Waals surface area contributed by atoms with E-state index in [1.807, 2.05) is 51.6 Å². The molecule has 0 bridgehead atoms. The van der Waals surface area contributed by atoms with Crippen LogP contribution in [0.1, 0.15) is 12.0 Å². The van der Waals surface area contributed by atoms with Crippen LogP contribution in [0.4, 0.5) is 0 Å². The van der Waals surface area contributed by atoms with Crippen LogP contribution in [0.15, 0.2) is 41.5 Å². The molecule has 0 fully saturated rings. The van der Waals surface area contributed by atoms with Crippen molar-refractivity contribution in [3.8, 4) is 11.6 Å². The summed E-state index contributed by atoms with van der Waals surface area (Å²) < 4.78 is 3.23. The van der Waals surface area contributed by atoms with Gasteiger partial charge in [0.25, 0.3) is 5.69 Å². The summed E-state index contributed by atoms with van der Waals surface area (Å²) in [5.41, 5.74) is 1.18. The van der Waals surface area contributed by atoms with Crippen molar-refractivity contribution in [3.63, 3.8) is 0 Å². The summed E-state index contributed by atoms with van der Waals surface area (Å²) in [5, 5.41) is 10.0. The van der Waals surface area contributed by atoms with Gasteiger partial charge in [0.15, 0.2) is 18.3 Å². The molecule has 0 saturated heterocycles. The van der Waals surface area contributed by atoms with Crippen LogP contribution in [-0.4, -0.2) is 35.2 Å². The van der Waals surface area contributed by atoms with Crippen LogP contribution < -0.4 is 10.1 Å². The SMILES string of the molecule is Cc1cc(O)n(CCCN(C)C)c(=O)c1-[n+]1ccccc1. The van der Waals surface area contributed by atoms with E-state index in [0.29, 0.717) is 12.2 Å². The fourth-order valence-electron chi connectivity index (χ4n) is 2.36. The highest BCUT2D eigenvalue weighted by atomic mass is 16.3. The first-order chi connectivity index (χ1) is 10.0. The average Bonchev–Trinajstić information content (AvgIpc) is 2.43. The molecule has 5 nitrogen and oxygen atoms in total. The first-order valence-electron chi connectivity index (χ1n) is 7.05. The highest BCUT2D eigenvalue weighted by molar-refractivity contribution is 5.34. The van der Waals surface area contributed by atoms with E-state index in [9.17, 15) is 9.90 Å². The largest absolute Gasteiger partial charge is 0.494 e. The minimum Gasteiger partial charge on any atom is -0.494 e. The molecule has 2 aromatic rings.